The fourth-order valence-electron chi connectivity index (χ4n) is 2.74. The maximum Gasteiger partial charge on any atom is 0.222 e. The van der Waals surface area contributed by atoms with Crippen LogP contribution in [0.3, 0.4) is 0 Å². The molecule has 5 heteroatoms. The maximum absolute atomic E-state index is 12.5. The van der Waals surface area contributed by atoms with Gasteiger partial charge in [-0.25, -0.2) is 0 Å². The van der Waals surface area contributed by atoms with Gasteiger partial charge < -0.3 is 14.0 Å². The molecule has 124 valence electrons. The molecule has 0 fully saturated rings. The molecule has 0 N–H and O–H groups in total. The van der Waals surface area contributed by atoms with E-state index in [9.17, 15) is 9.36 Å². The van der Waals surface area contributed by atoms with Crippen molar-refractivity contribution in [1.82, 2.24) is 0 Å². The number of ether oxygens (including phenoxy) is 2. The maximum atomic E-state index is 12.5. The smallest absolute Gasteiger partial charge is 0.222 e. The van der Waals surface area contributed by atoms with E-state index in [0.29, 0.717) is 23.2 Å². The van der Waals surface area contributed by atoms with Gasteiger partial charge in [0.1, 0.15) is 7.80 Å². The largest absolute Gasteiger partial charge is 0.493 e. The Balaban J connectivity index is 2.90. The molecule has 0 amide bonds. The van der Waals surface area contributed by atoms with Crippen molar-refractivity contribution in [2.75, 3.05) is 20.4 Å². The van der Waals surface area contributed by atoms with E-state index in [4.69, 9.17) is 9.47 Å². The second-order valence-corrected chi connectivity index (χ2v) is 8.58. The fourth-order valence-corrected chi connectivity index (χ4v) is 4.20. The van der Waals surface area contributed by atoms with Crippen LogP contribution in [0.5, 0.6) is 11.5 Å². The molecule has 0 heterocycles. The predicted octanol–water partition coefficient (Wildman–Crippen LogP) is 4.48. The summed E-state index contributed by atoms with van der Waals surface area (Å²) in [6.07, 6.45) is 1.37. The summed E-state index contributed by atoms with van der Waals surface area (Å²) in [5.41, 5.74) is 0.174. The summed E-state index contributed by atoms with van der Waals surface area (Å²) in [6.45, 7) is 8.48. The standard InChI is InChI=1S/C17H27O4P/c1-12(10-17(2,3)4)11-22(19)16(18)13-8-7-9-14(20-5)15(13)21-6/h7-9,12,22H,10-11H2,1-6H3/t12-/m1/s1. The fraction of sp³-hybridized carbons (Fsp3) is 0.588. The zero-order chi connectivity index (χ0) is 16.9. The van der Waals surface area contributed by atoms with Gasteiger partial charge in [-0.05, 0) is 29.9 Å². The Kier molecular flexibility index (Phi) is 6.67. The minimum atomic E-state index is -2.37. The zero-order valence-electron chi connectivity index (χ0n) is 14.4. The van der Waals surface area contributed by atoms with Crippen molar-refractivity contribution in [3.8, 4) is 11.5 Å². The van der Waals surface area contributed by atoms with E-state index in [1.165, 1.54) is 14.2 Å². The van der Waals surface area contributed by atoms with Crippen molar-refractivity contribution in [2.24, 2.45) is 11.3 Å². The first kappa shape index (κ1) is 18.8. The Labute approximate surface area is 134 Å². The highest BCUT2D eigenvalue weighted by atomic mass is 31.1. The number of carbonyl (C=O) groups excluding carboxylic acids is 1. The average Bonchev–Trinajstić information content (AvgIpc) is 2.43. The molecule has 0 aliphatic heterocycles. The minimum absolute atomic E-state index is 0.165. The second-order valence-electron chi connectivity index (χ2n) is 6.87. The summed E-state index contributed by atoms with van der Waals surface area (Å²) in [7, 11) is 0.623. The van der Waals surface area contributed by atoms with Crippen LogP contribution in [0.2, 0.25) is 0 Å². The summed E-state index contributed by atoms with van der Waals surface area (Å²) >= 11 is 0. The molecule has 1 aromatic rings. The van der Waals surface area contributed by atoms with Gasteiger partial charge in [-0.3, -0.25) is 4.79 Å². The van der Waals surface area contributed by atoms with Crippen molar-refractivity contribution < 1.29 is 18.8 Å². The Hall–Kier alpha value is -1.28. The van der Waals surface area contributed by atoms with Gasteiger partial charge in [0.15, 0.2) is 11.5 Å². The lowest BCUT2D eigenvalue weighted by Gasteiger charge is -2.22. The Morgan fingerprint density at radius 1 is 1.23 bits per heavy atom. The highest BCUT2D eigenvalue weighted by Gasteiger charge is 2.24. The van der Waals surface area contributed by atoms with E-state index in [-0.39, 0.29) is 16.9 Å². The van der Waals surface area contributed by atoms with Crippen LogP contribution in [0.1, 0.15) is 44.5 Å². The van der Waals surface area contributed by atoms with Crippen LogP contribution in [0.15, 0.2) is 18.2 Å². The van der Waals surface area contributed by atoms with Gasteiger partial charge in [-0.2, -0.15) is 0 Å². The van der Waals surface area contributed by atoms with Gasteiger partial charge in [0, 0.05) is 6.16 Å². The third-order valence-electron chi connectivity index (χ3n) is 3.40. The number of para-hydroxylation sites is 1. The first-order valence-electron chi connectivity index (χ1n) is 7.48. The highest BCUT2D eigenvalue weighted by Crippen LogP contribution is 2.39. The number of hydrogen-bond donors (Lipinski definition) is 0. The SMILES string of the molecule is COc1cccc(C(=O)[PH](=O)C[C@H](C)CC(C)(C)C)c1OC. The van der Waals surface area contributed by atoms with Crippen LogP contribution >= 0.6 is 7.80 Å². The van der Waals surface area contributed by atoms with E-state index in [2.05, 4.69) is 20.8 Å². The van der Waals surface area contributed by atoms with E-state index < -0.39 is 7.80 Å². The molecular formula is C17H27O4P. The first-order chi connectivity index (χ1) is 10.2. The van der Waals surface area contributed by atoms with Crippen LogP contribution in [0.4, 0.5) is 0 Å². The monoisotopic (exact) mass is 326 g/mol. The summed E-state index contributed by atoms with van der Waals surface area (Å²) in [4.78, 5) is 12.5. The first-order valence-corrected chi connectivity index (χ1v) is 9.09. The van der Waals surface area contributed by atoms with Gasteiger partial charge in [-0.1, -0.05) is 33.8 Å². The van der Waals surface area contributed by atoms with Crippen molar-refractivity contribution in [2.45, 2.75) is 34.1 Å². The Bertz CT molecular complexity index is 546. The van der Waals surface area contributed by atoms with Crippen LogP contribution < -0.4 is 9.47 Å². The molecule has 0 aliphatic rings. The van der Waals surface area contributed by atoms with Crippen LogP contribution in [0, 0.1) is 11.3 Å². The molecule has 1 unspecified atom stereocenters. The number of benzene rings is 1. The Morgan fingerprint density at radius 2 is 1.86 bits per heavy atom. The molecule has 1 rings (SSSR count). The summed E-state index contributed by atoms with van der Waals surface area (Å²) in [5.74, 6) is 1.08. The predicted molar refractivity (Wildman–Crippen MR) is 91.0 cm³/mol. The normalized spacial score (nSPS) is 14.3. The molecule has 0 aliphatic carbocycles. The van der Waals surface area contributed by atoms with Crippen molar-refractivity contribution in [1.29, 1.82) is 0 Å². The molecule has 2 atom stereocenters. The van der Waals surface area contributed by atoms with Gasteiger partial charge in [0.05, 0.1) is 19.8 Å². The van der Waals surface area contributed by atoms with Crippen LogP contribution in [-0.4, -0.2) is 25.9 Å². The molecule has 4 nitrogen and oxygen atoms in total. The summed E-state index contributed by atoms with van der Waals surface area (Å²) in [6, 6.07) is 5.07. The van der Waals surface area contributed by atoms with Crippen LogP contribution in [-0.2, 0) is 4.57 Å². The van der Waals surface area contributed by atoms with Gasteiger partial charge in [0.25, 0.3) is 0 Å². The van der Waals surface area contributed by atoms with E-state index in [1.807, 2.05) is 6.92 Å². The second kappa shape index (κ2) is 7.82. The molecule has 1 aromatic carbocycles. The van der Waals surface area contributed by atoms with Gasteiger partial charge in [-0.15, -0.1) is 0 Å². The number of hydrogen-bond acceptors (Lipinski definition) is 4. The van der Waals surface area contributed by atoms with Crippen molar-refractivity contribution in [3.63, 3.8) is 0 Å². The number of methoxy groups -OCH3 is 2. The highest BCUT2D eigenvalue weighted by molar-refractivity contribution is 7.64. The average molecular weight is 326 g/mol. The number of rotatable bonds is 7. The van der Waals surface area contributed by atoms with Gasteiger partial charge >= 0.3 is 0 Å². The van der Waals surface area contributed by atoms with E-state index in [0.717, 1.165) is 6.42 Å². The van der Waals surface area contributed by atoms with Crippen molar-refractivity contribution >= 4 is 13.3 Å². The molecule has 22 heavy (non-hydrogen) atoms. The van der Waals surface area contributed by atoms with Crippen molar-refractivity contribution in [3.05, 3.63) is 23.8 Å². The molecule has 0 bridgehead atoms. The quantitative estimate of drug-likeness (QED) is 0.693. The number of carbonyl (C=O) groups is 1. The lowest BCUT2D eigenvalue weighted by Crippen LogP contribution is -2.13. The molecule has 0 radical (unpaired) electrons. The van der Waals surface area contributed by atoms with Crippen LogP contribution in [0.25, 0.3) is 0 Å². The Morgan fingerprint density at radius 3 is 2.36 bits per heavy atom. The summed E-state index contributed by atoms with van der Waals surface area (Å²) in [5, 5.41) is 0. The lowest BCUT2D eigenvalue weighted by molar-refractivity contribution is 0.107. The third-order valence-corrected chi connectivity index (χ3v) is 5.24. The minimum Gasteiger partial charge on any atom is -0.493 e. The third kappa shape index (κ3) is 5.17. The molecule has 0 aromatic heterocycles. The van der Waals surface area contributed by atoms with Gasteiger partial charge in [0.2, 0.25) is 5.52 Å². The van der Waals surface area contributed by atoms with E-state index in [1.54, 1.807) is 18.2 Å². The molecule has 0 saturated heterocycles. The van der Waals surface area contributed by atoms with E-state index >= 15 is 0 Å². The topological polar surface area (TPSA) is 52.6 Å². The molecule has 0 spiro atoms. The molecule has 0 saturated carbocycles. The molecular weight excluding hydrogens is 299 g/mol. The zero-order valence-corrected chi connectivity index (χ0v) is 15.4. The summed E-state index contributed by atoms with van der Waals surface area (Å²) < 4.78 is 22.9. The lowest BCUT2D eigenvalue weighted by atomic mass is 9.86.